The Morgan fingerprint density at radius 1 is 1.06 bits per heavy atom. The van der Waals surface area contributed by atoms with Gasteiger partial charge in [0.1, 0.15) is 0 Å². The summed E-state index contributed by atoms with van der Waals surface area (Å²) in [5.41, 5.74) is 2.26. The Morgan fingerprint density at radius 3 is 2.59 bits per heavy atom. The van der Waals surface area contributed by atoms with Gasteiger partial charge in [-0.2, -0.15) is 20.1 Å². The first-order valence-corrected chi connectivity index (χ1v) is 11.0. The summed E-state index contributed by atoms with van der Waals surface area (Å²) in [5.74, 6) is 1.33. The lowest BCUT2D eigenvalue weighted by Gasteiger charge is -2.09. The highest BCUT2D eigenvalue weighted by atomic mass is 35.5. The Hall–Kier alpha value is -3.52. The molecule has 0 bridgehead atoms. The highest BCUT2D eigenvalue weighted by Gasteiger charge is 2.14. The normalized spacial score (nSPS) is 10.9. The van der Waals surface area contributed by atoms with Crippen LogP contribution >= 0.6 is 11.6 Å². The number of carbonyl (C=O) groups is 1. The van der Waals surface area contributed by atoms with E-state index in [9.17, 15) is 4.79 Å². The predicted molar refractivity (Wildman–Crippen MR) is 123 cm³/mol. The molecule has 2 aromatic carbocycles. The van der Waals surface area contributed by atoms with Crippen molar-refractivity contribution in [3.05, 3.63) is 77.3 Å². The first kappa shape index (κ1) is 21.7. The van der Waals surface area contributed by atoms with Crippen LogP contribution in [0.15, 0.2) is 60.9 Å². The summed E-state index contributed by atoms with van der Waals surface area (Å²) < 4.78 is 1.77. The zero-order chi connectivity index (χ0) is 22.3. The standard InChI is InChI=1S/C23H24ClN7O/c1-2-21-28-22(17-8-10-19(24)11-9-17)31(29-21)20-7-5-6-18(16-20)23(32)25-12-3-4-15-30-26-13-14-27-30/h5-11,13-14,16H,2-4,12,15H2,1H3,(H,25,32). The molecule has 4 aromatic rings. The summed E-state index contributed by atoms with van der Waals surface area (Å²) >= 11 is 6.04. The Labute approximate surface area is 191 Å². The zero-order valence-corrected chi connectivity index (χ0v) is 18.5. The van der Waals surface area contributed by atoms with E-state index >= 15 is 0 Å². The van der Waals surface area contributed by atoms with E-state index in [1.165, 1.54) is 0 Å². The van der Waals surface area contributed by atoms with Gasteiger partial charge in [-0.05, 0) is 55.3 Å². The molecule has 2 heterocycles. The number of halogens is 1. The molecule has 8 nitrogen and oxygen atoms in total. The van der Waals surface area contributed by atoms with Gasteiger partial charge in [-0.3, -0.25) is 4.79 Å². The average molecular weight is 450 g/mol. The van der Waals surface area contributed by atoms with Crippen molar-refractivity contribution in [1.82, 2.24) is 35.1 Å². The molecule has 0 saturated carbocycles. The van der Waals surface area contributed by atoms with Gasteiger partial charge in [-0.15, -0.1) is 0 Å². The number of hydrogen-bond donors (Lipinski definition) is 1. The molecular weight excluding hydrogens is 426 g/mol. The van der Waals surface area contributed by atoms with Crippen molar-refractivity contribution < 1.29 is 4.79 Å². The van der Waals surface area contributed by atoms with E-state index in [2.05, 4.69) is 25.6 Å². The minimum atomic E-state index is -0.118. The van der Waals surface area contributed by atoms with Crippen LogP contribution in [0.2, 0.25) is 5.02 Å². The molecule has 0 aliphatic heterocycles. The quantitative estimate of drug-likeness (QED) is 0.391. The summed E-state index contributed by atoms with van der Waals surface area (Å²) in [7, 11) is 0. The molecule has 1 amide bonds. The molecule has 0 saturated heterocycles. The van der Waals surface area contributed by atoms with Gasteiger partial charge in [0.25, 0.3) is 5.91 Å². The Morgan fingerprint density at radius 2 is 1.84 bits per heavy atom. The Bertz CT molecular complexity index is 1170. The third kappa shape index (κ3) is 5.20. The van der Waals surface area contributed by atoms with Crippen LogP contribution in [0, 0.1) is 0 Å². The number of aromatic nitrogens is 6. The van der Waals surface area contributed by atoms with E-state index in [-0.39, 0.29) is 5.91 Å². The first-order chi connectivity index (χ1) is 15.6. The molecule has 0 aliphatic rings. The minimum absolute atomic E-state index is 0.118. The molecule has 32 heavy (non-hydrogen) atoms. The van der Waals surface area contributed by atoms with Crippen LogP contribution in [-0.4, -0.2) is 42.2 Å². The van der Waals surface area contributed by atoms with Crippen molar-refractivity contribution in [3.63, 3.8) is 0 Å². The second-order valence-corrected chi connectivity index (χ2v) is 7.70. The smallest absolute Gasteiger partial charge is 0.251 e. The molecule has 0 spiro atoms. The van der Waals surface area contributed by atoms with Crippen LogP contribution in [0.3, 0.4) is 0 Å². The van der Waals surface area contributed by atoms with E-state index in [1.807, 2.05) is 49.4 Å². The number of aryl methyl sites for hydroxylation is 2. The second-order valence-electron chi connectivity index (χ2n) is 7.26. The molecule has 0 fully saturated rings. The van der Waals surface area contributed by atoms with Gasteiger partial charge in [0, 0.05) is 29.1 Å². The number of nitrogens with zero attached hydrogens (tertiary/aromatic N) is 6. The number of rotatable bonds is 9. The SMILES string of the molecule is CCc1nc(-c2ccc(Cl)cc2)n(-c2cccc(C(=O)NCCCCn3nccn3)c2)n1. The van der Waals surface area contributed by atoms with Crippen molar-refractivity contribution in [2.24, 2.45) is 0 Å². The van der Waals surface area contributed by atoms with Crippen molar-refractivity contribution in [2.45, 2.75) is 32.7 Å². The van der Waals surface area contributed by atoms with E-state index in [0.29, 0.717) is 29.4 Å². The summed E-state index contributed by atoms with van der Waals surface area (Å²) in [5, 5.41) is 16.4. The fraction of sp³-hybridized carbons (Fsp3) is 0.261. The molecule has 4 rings (SSSR count). The van der Waals surface area contributed by atoms with Gasteiger partial charge in [0.2, 0.25) is 0 Å². The molecule has 0 unspecified atom stereocenters. The van der Waals surface area contributed by atoms with Gasteiger partial charge in [-0.25, -0.2) is 9.67 Å². The maximum atomic E-state index is 12.7. The molecule has 164 valence electrons. The second kappa shape index (κ2) is 10.2. The zero-order valence-electron chi connectivity index (χ0n) is 17.8. The number of unbranched alkanes of at least 4 members (excludes halogenated alkanes) is 1. The van der Waals surface area contributed by atoms with Crippen LogP contribution in [0.25, 0.3) is 17.1 Å². The third-order valence-corrected chi connectivity index (χ3v) is 5.21. The highest BCUT2D eigenvalue weighted by Crippen LogP contribution is 2.23. The number of benzene rings is 2. The highest BCUT2D eigenvalue weighted by molar-refractivity contribution is 6.30. The number of hydrogen-bond acceptors (Lipinski definition) is 5. The van der Waals surface area contributed by atoms with Crippen LogP contribution in [-0.2, 0) is 13.0 Å². The summed E-state index contributed by atoms with van der Waals surface area (Å²) in [6.07, 6.45) is 5.76. The summed E-state index contributed by atoms with van der Waals surface area (Å²) in [6.45, 7) is 3.33. The topological polar surface area (TPSA) is 90.5 Å². The maximum absolute atomic E-state index is 12.7. The molecule has 2 aromatic heterocycles. The third-order valence-electron chi connectivity index (χ3n) is 4.96. The Kier molecular flexibility index (Phi) is 6.91. The van der Waals surface area contributed by atoms with Crippen LogP contribution in [0.4, 0.5) is 0 Å². The molecule has 0 aliphatic carbocycles. The fourth-order valence-electron chi connectivity index (χ4n) is 3.29. The largest absolute Gasteiger partial charge is 0.352 e. The number of nitrogens with one attached hydrogen (secondary N) is 1. The van der Waals surface area contributed by atoms with Gasteiger partial charge in [-0.1, -0.05) is 24.6 Å². The fourth-order valence-corrected chi connectivity index (χ4v) is 3.42. The van der Waals surface area contributed by atoms with E-state index in [0.717, 1.165) is 36.5 Å². The molecule has 0 atom stereocenters. The van der Waals surface area contributed by atoms with Crippen LogP contribution in [0.5, 0.6) is 0 Å². The molecule has 1 N–H and O–H groups in total. The lowest BCUT2D eigenvalue weighted by molar-refractivity contribution is 0.0953. The first-order valence-electron chi connectivity index (χ1n) is 10.6. The van der Waals surface area contributed by atoms with Crippen molar-refractivity contribution >= 4 is 17.5 Å². The van der Waals surface area contributed by atoms with E-state index < -0.39 is 0 Å². The predicted octanol–water partition coefficient (Wildman–Crippen LogP) is 3.95. The van der Waals surface area contributed by atoms with E-state index in [4.69, 9.17) is 11.6 Å². The number of carbonyl (C=O) groups excluding carboxylic acids is 1. The maximum Gasteiger partial charge on any atom is 0.251 e. The Balaban J connectivity index is 1.46. The van der Waals surface area contributed by atoms with Crippen molar-refractivity contribution in [3.8, 4) is 17.1 Å². The minimum Gasteiger partial charge on any atom is -0.352 e. The lowest BCUT2D eigenvalue weighted by Crippen LogP contribution is -2.24. The van der Waals surface area contributed by atoms with Crippen molar-refractivity contribution in [2.75, 3.05) is 6.54 Å². The number of amides is 1. The van der Waals surface area contributed by atoms with Gasteiger partial charge in [0.15, 0.2) is 11.6 Å². The van der Waals surface area contributed by atoms with Gasteiger partial charge < -0.3 is 5.32 Å². The van der Waals surface area contributed by atoms with Crippen molar-refractivity contribution in [1.29, 1.82) is 0 Å². The molecule has 0 radical (unpaired) electrons. The van der Waals surface area contributed by atoms with E-state index in [1.54, 1.807) is 27.9 Å². The van der Waals surface area contributed by atoms with Crippen LogP contribution in [0.1, 0.15) is 35.9 Å². The molecule has 9 heteroatoms. The summed E-state index contributed by atoms with van der Waals surface area (Å²) in [4.78, 5) is 19.0. The monoisotopic (exact) mass is 449 g/mol. The van der Waals surface area contributed by atoms with Gasteiger partial charge >= 0.3 is 0 Å². The summed E-state index contributed by atoms with van der Waals surface area (Å²) in [6, 6.07) is 14.9. The van der Waals surface area contributed by atoms with Gasteiger partial charge in [0.05, 0.1) is 24.6 Å². The molecular formula is C23H24ClN7O. The lowest BCUT2D eigenvalue weighted by atomic mass is 10.1. The van der Waals surface area contributed by atoms with Crippen LogP contribution < -0.4 is 5.32 Å². The average Bonchev–Trinajstić information content (AvgIpc) is 3.49.